The normalized spacial score (nSPS) is 14.2. The van der Waals surface area contributed by atoms with Crippen LogP contribution in [0.4, 0.5) is 0 Å². The van der Waals surface area contributed by atoms with Crippen LogP contribution in [-0.4, -0.2) is 15.4 Å². The van der Waals surface area contributed by atoms with Crippen LogP contribution in [0.2, 0.25) is 0 Å². The van der Waals surface area contributed by atoms with Gasteiger partial charge in [-0.25, -0.2) is 5.06 Å². The number of hydrogen-bond donors (Lipinski definition) is 2. The highest BCUT2D eigenvalue weighted by atomic mass is 35.5. The molecule has 1 aliphatic rings. The third kappa shape index (κ3) is 1.76. The second-order valence-corrected chi connectivity index (χ2v) is 2.76. The zero-order valence-corrected chi connectivity index (χ0v) is 7.66. The minimum Gasteiger partial charge on any atom is -0.493 e. The minimum atomic E-state index is -0.103. The molecule has 0 bridgehead atoms. The van der Waals surface area contributed by atoms with Crippen molar-refractivity contribution in [2.75, 3.05) is 0 Å². The van der Waals surface area contributed by atoms with E-state index >= 15 is 0 Å². The van der Waals surface area contributed by atoms with E-state index in [4.69, 9.17) is 10.3 Å². The molecule has 0 aliphatic carbocycles. The van der Waals surface area contributed by atoms with Gasteiger partial charge in [-0.1, -0.05) is 24.3 Å². The first kappa shape index (κ1) is 9.89. The topological polar surface area (TPSA) is 43.7 Å². The largest absolute Gasteiger partial charge is 0.493 e. The van der Waals surface area contributed by atoms with Crippen LogP contribution < -0.4 is 0 Å². The Morgan fingerprint density at radius 1 is 1.23 bits per heavy atom. The average molecular weight is 200 g/mol. The van der Waals surface area contributed by atoms with Crippen LogP contribution in [0.15, 0.2) is 30.1 Å². The van der Waals surface area contributed by atoms with E-state index in [-0.39, 0.29) is 18.3 Å². The van der Waals surface area contributed by atoms with Crippen LogP contribution in [0.5, 0.6) is 0 Å². The molecule has 4 heteroatoms. The highest BCUT2D eigenvalue weighted by molar-refractivity contribution is 5.85. The lowest BCUT2D eigenvalue weighted by atomic mass is 10.1. The Bertz CT molecular complexity index is 338. The van der Waals surface area contributed by atoms with E-state index in [1.165, 1.54) is 0 Å². The monoisotopic (exact) mass is 199 g/mol. The maximum atomic E-state index is 9.16. The molecule has 70 valence electrons. The summed E-state index contributed by atoms with van der Waals surface area (Å²) in [6.07, 6.45) is 1.54. The molecule has 13 heavy (non-hydrogen) atoms. The molecule has 1 aromatic rings. The molecule has 1 aromatic carbocycles. The molecule has 0 saturated heterocycles. The first-order chi connectivity index (χ1) is 5.77. The quantitative estimate of drug-likeness (QED) is 0.673. The van der Waals surface area contributed by atoms with Gasteiger partial charge in [-0.15, -0.1) is 12.4 Å². The van der Waals surface area contributed by atoms with Crippen LogP contribution in [0, 0.1) is 0 Å². The summed E-state index contributed by atoms with van der Waals surface area (Å²) in [6.45, 7) is 0.346. The highest BCUT2D eigenvalue weighted by Gasteiger charge is 2.13. The molecular weight excluding hydrogens is 190 g/mol. The van der Waals surface area contributed by atoms with Crippen LogP contribution in [-0.2, 0) is 6.54 Å². The number of nitrogens with zero attached hydrogens (tertiary/aromatic N) is 1. The van der Waals surface area contributed by atoms with Crippen molar-refractivity contribution in [3.8, 4) is 0 Å². The molecule has 2 N–H and O–H groups in total. The number of hydrogen-bond acceptors (Lipinski definition) is 3. The zero-order valence-electron chi connectivity index (χ0n) is 6.84. The fourth-order valence-electron chi connectivity index (χ4n) is 1.27. The van der Waals surface area contributed by atoms with Crippen LogP contribution in [0.25, 0.3) is 6.08 Å². The molecular formula is C9H10ClNO2. The summed E-state index contributed by atoms with van der Waals surface area (Å²) in [7, 11) is 0. The number of hydroxylamine groups is 2. The summed E-state index contributed by atoms with van der Waals surface area (Å²) < 4.78 is 0. The van der Waals surface area contributed by atoms with E-state index in [2.05, 4.69) is 0 Å². The van der Waals surface area contributed by atoms with Crippen LogP contribution >= 0.6 is 12.4 Å². The van der Waals surface area contributed by atoms with E-state index in [1.54, 1.807) is 6.08 Å². The predicted octanol–water partition coefficient (Wildman–Crippen LogP) is 2.17. The molecule has 0 fully saturated rings. The predicted molar refractivity (Wildman–Crippen MR) is 51.6 cm³/mol. The van der Waals surface area contributed by atoms with Crippen LogP contribution in [0.3, 0.4) is 0 Å². The van der Waals surface area contributed by atoms with Crippen molar-refractivity contribution in [3.63, 3.8) is 0 Å². The van der Waals surface area contributed by atoms with Gasteiger partial charge in [0.1, 0.15) is 0 Å². The van der Waals surface area contributed by atoms with E-state index in [1.807, 2.05) is 24.3 Å². The Hall–Kier alpha value is -1.19. The van der Waals surface area contributed by atoms with Gasteiger partial charge >= 0.3 is 0 Å². The molecule has 3 nitrogen and oxygen atoms in total. The molecule has 0 aromatic heterocycles. The maximum Gasteiger partial charge on any atom is 0.211 e. The molecule has 0 saturated carbocycles. The molecule has 1 heterocycles. The lowest BCUT2D eigenvalue weighted by molar-refractivity contribution is -0.100. The molecule has 0 radical (unpaired) electrons. The summed E-state index contributed by atoms with van der Waals surface area (Å²) in [5.74, 6) is -0.103. The van der Waals surface area contributed by atoms with Crippen molar-refractivity contribution >= 4 is 18.5 Å². The standard InChI is InChI=1S/C9H9NO2.ClH/c11-9-5-7-3-1-2-4-8(7)6-10(9)12;/h1-5,11-12H,6H2;1H. The Kier molecular flexibility index (Phi) is 2.80. The first-order valence-corrected chi connectivity index (χ1v) is 3.72. The SMILES string of the molecule is Cl.OC1=Cc2ccccc2CN1O. The van der Waals surface area contributed by atoms with Crippen molar-refractivity contribution in [1.29, 1.82) is 0 Å². The van der Waals surface area contributed by atoms with Crippen molar-refractivity contribution in [1.82, 2.24) is 5.06 Å². The number of rotatable bonds is 0. The molecule has 0 spiro atoms. The van der Waals surface area contributed by atoms with E-state index in [0.29, 0.717) is 6.54 Å². The summed E-state index contributed by atoms with van der Waals surface area (Å²) in [4.78, 5) is 0. The molecule has 0 unspecified atom stereocenters. The summed E-state index contributed by atoms with van der Waals surface area (Å²) in [6, 6.07) is 7.62. The van der Waals surface area contributed by atoms with Gasteiger partial charge in [0.25, 0.3) is 0 Å². The van der Waals surface area contributed by atoms with Gasteiger partial charge in [0, 0.05) is 6.08 Å². The van der Waals surface area contributed by atoms with E-state index < -0.39 is 0 Å². The Morgan fingerprint density at radius 2 is 1.92 bits per heavy atom. The van der Waals surface area contributed by atoms with Gasteiger partial charge < -0.3 is 5.11 Å². The van der Waals surface area contributed by atoms with Crippen LogP contribution in [0.1, 0.15) is 11.1 Å². The fraction of sp³-hybridized carbons (Fsp3) is 0.111. The summed E-state index contributed by atoms with van der Waals surface area (Å²) in [5.41, 5.74) is 1.97. The Balaban J connectivity index is 0.000000845. The average Bonchev–Trinajstić information content (AvgIpc) is 2.07. The van der Waals surface area contributed by atoms with Crippen molar-refractivity contribution in [2.45, 2.75) is 6.54 Å². The van der Waals surface area contributed by atoms with Crippen molar-refractivity contribution in [3.05, 3.63) is 41.3 Å². The fourth-order valence-corrected chi connectivity index (χ4v) is 1.27. The molecule has 0 amide bonds. The van der Waals surface area contributed by atoms with E-state index in [0.717, 1.165) is 16.2 Å². The second kappa shape index (κ2) is 3.68. The van der Waals surface area contributed by atoms with Gasteiger partial charge in [-0.05, 0) is 11.1 Å². The van der Waals surface area contributed by atoms with Crippen molar-refractivity contribution < 1.29 is 10.3 Å². The first-order valence-electron chi connectivity index (χ1n) is 3.72. The Labute approximate surface area is 82.3 Å². The lowest BCUT2D eigenvalue weighted by Gasteiger charge is -2.21. The Morgan fingerprint density at radius 3 is 2.69 bits per heavy atom. The van der Waals surface area contributed by atoms with Gasteiger partial charge in [-0.3, -0.25) is 5.21 Å². The number of fused-ring (bicyclic) bond motifs is 1. The van der Waals surface area contributed by atoms with Crippen molar-refractivity contribution in [2.24, 2.45) is 0 Å². The lowest BCUT2D eigenvalue weighted by Crippen LogP contribution is -2.21. The van der Waals surface area contributed by atoms with Gasteiger partial charge in [0.05, 0.1) is 6.54 Å². The minimum absolute atomic E-state index is 0. The van der Waals surface area contributed by atoms with E-state index in [9.17, 15) is 0 Å². The number of aliphatic hydroxyl groups excluding tert-OH is 1. The van der Waals surface area contributed by atoms with Gasteiger partial charge in [0.2, 0.25) is 5.88 Å². The number of benzene rings is 1. The summed E-state index contributed by atoms with van der Waals surface area (Å²) in [5, 5.41) is 19.1. The molecule has 2 rings (SSSR count). The smallest absolute Gasteiger partial charge is 0.211 e. The highest BCUT2D eigenvalue weighted by Crippen LogP contribution is 2.20. The summed E-state index contributed by atoms with van der Waals surface area (Å²) >= 11 is 0. The maximum absolute atomic E-state index is 9.16. The number of aliphatic hydroxyl groups is 1. The second-order valence-electron chi connectivity index (χ2n) is 2.76. The molecule has 1 aliphatic heterocycles. The molecule has 0 atom stereocenters. The number of halogens is 1. The zero-order chi connectivity index (χ0) is 8.55. The third-order valence-corrected chi connectivity index (χ3v) is 1.92. The van der Waals surface area contributed by atoms with Gasteiger partial charge in [0.15, 0.2) is 0 Å². The third-order valence-electron chi connectivity index (χ3n) is 1.92. The van der Waals surface area contributed by atoms with Gasteiger partial charge in [-0.2, -0.15) is 0 Å².